The lowest BCUT2D eigenvalue weighted by atomic mass is 10.0. The third-order valence-electron chi connectivity index (χ3n) is 9.77. The van der Waals surface area contributed by atoms with E-state index in [0.717, 1.165) is 43.9 Å². The van der Waals surface area contributed by atoms with E-state index in [1.807, 2.05) is 24.8 Å². The van der Waals surface area contributed by atoms with Crippen LogP contribution in [0.5, 0.6) is 0 Å². The molecule has 6 rings (SSSR count). The fourth-order valence-electron chi connectivity index (χ4n) is 7.42. The molecule has 3 aromatic heterocycles. The van der Waals surface area contributed by atoms with Gasteiger partial charge in [-0.3, -0.25) is 14.4 Å². The number of nitrogens with one attached hydrogen (secondary N) is 2. The molecule has 2 unspecified atom stereocenters. The van der Waals surface area contributed by atoms with Crippen molar-refractivity contribution in [2.45, 2.75) is 103 Å². The van der Waals surface area contributed by atoms with Crippen LogP contribution in [0.15, 0.2) is 30.6 Å². The first-order valence-electron chi connectivity index (χ1n) is 17.6. The fraction of sp³-hybridized carbons (Fsp3) is 0.583. The number of hydrogen-bond donors (Lipinski definition) is 2. The van der Waals surface area contributed by atoms with Gasteiger partial charge < -0.3 is 34.6 Å². The van der Waals surface area contributed by atoms with Crippen LogP contribution in [0.4, 0.5) is 16.6 Å². The van der Waals surface area contributed by atoms with Crippen molar-refractivity contribution in [1.29, 1.82) is 0 Å². The summed E-state index contributed by atoms with van der Waals surface area (Å²) in [7, 11) is 3.50. The molecule has 1 saturated carbocycles. The zero-order valence-electron chi connectivity index (χ0n) is 30.1. The molecule has 2 bridgehead atoms. The van der Waals surface area contributed by atoms with E-state index < -0.39 is 17.7 Å². The largest absolute Gasteiger partial charge is 0.444 e. The van der Waals surface area contributed by atoms with E-state index in [1.165, 1.54) is 6.20 Å². The molecule has 2 aliphatic heterocycles. The van der Waals surface area contributed by atoms with Crippen LogP contribution in [0.1, 0.15) is 100 Å². The number of likely N-dealkylation sites (tertiary alicyclic amines) is 1. The molecule has 2 N–H and O–H groups in total. The van der Waals surface area contributed by atoms with Gasteiger partial charge in [0.05, 0.1) is 5.56 Å². The number of carbonyl (C=O) groups excluding carboxylic acids is 4. The highest BCUT2D eigenvalue weighted by Crippen LogP contribution is 2.35. The molecule has 0 aromatic carbocycles. The van der Waals surface area contributed by atoms with Crippen molar-refractivity contribution in [2.75, 3.05) is 32.5 Å². The van der Waals surface area contributed by atoms with Crippen LogP contribution in [-0.4, -0.2) is 109 Å². The van der Waals surface area contributed by atoms with Gasteiger partial charge in [0, 0.05) is 63.1 Å². The zero-order valence-corrected chi connectivity index (χ0v) is 30.1. The van der Waals surface area contributed by atoms with E-state index in [-0.39, 0.29) is 41.8 Å². The Bertz CT molecular complexity index is 1740. The maximum Gasteiger partial charge on any atom is 0.408 e. The quantitative estimate of drug-likeness (QED) is 0.341. The van der Waals surface area contributed by atoms with Gasteiger partial charge in [-0.1, -0.05) is 26.7 Å². The van der Waals surface area contributed by atoms with Crippen molar-refractivity contribution in [1.82, 2.24) is 39.5 Å². The average molecular weight is 688 g/mol. The van der Waals surface area contributed by atoms with E-state index in [4.69, 9.17) is 9.72 Å². The molecule has 0 radical (unpaired) electrons. The van der Waals surface area contributed by atoms with Crippen LogP contribution in [0.2, 0.25) is 0 Å². The lowest BCUT2D eigenvalue weighted by molar-refractivity contribution is -0.140. The molecule has 268 valence electrons. The Labute approximate surface area is 292 Å². The first-order valence-corrected chi connectivity index (χ1v) is 17.6. The second-order valence-electron chi connectivity index (χ2n) is 15.3. The molecule has 50 heavy (non-hydrogen) atoms. The maximum atomic E-state index is 13.8. The maximum absolute atomic E-state index is 13.8. The van der Waals surface area contributed by atoms with Crippen molar-refractivity contribution < 1.29 is 23.9 Å². The smallest absolute Gasteiger partial charge is 0.408 e. The van der Waals surface area contributed by atoms with Gasteiger partial charge in [0.1, 0.15) is 28.8 Å². The Hall–Kier alpha value is -4.75. The summed E-state index contributed by atoms with van der Waals surface area (Å²) in [5, 5.41) is 6.74. The predicted molar refractivity (Wildman–Crippen MR) is 188 cm³/mol. The summed E-state index contributed by atoms with van der Waals surface area (Å²) in [5.74, 6) is 0.342. The summed E-state index contributed by atoms with van der Waals surface area (Å²) in [6, 6.07) is 4.53. The third-order valence-corrected chi connectivity index (χ3v) is 9.77. The summed E-state index contributed by atoms with van der Waals surface area (Å²) in [6.07, 6.45) is 8.45. The molecule has 3 atom stereocenters. The average Bonchev–Trinajstić information content (AvgIpc) is 3.78. The van der Waals surface area contributed by atoms with E-state index in [0.29, 0.717) is 41.8 Å². The van der Waals surface area contributed by atoms with Crippen LogP contribution in [-0.2, 0) is 9.53 Å². The zero-order chi connectivity index (χ0) is 35.9. The molecule has 2 saturated heterocycles. The number of fused-ring (bicyclic) bond motifs is 3. The molecule has 14 nitrogen and oxygen atoms in total. The number of ether oxygens (including phenoxy) is 1. The molecule has 5 heterocycles. The van der Waals surface area contributed by atoms with Gasteiger partial charge >= 0.3 is 6.09 Å². The third kappa shape index (κ3) is 7.24. The van der Waals surface area contributed by atoms with Gasteiger partial charge in [-0.05, 0) is 70.6 Å². The number of amides is 4. The highest BCUT2D eigenvalue weighted by atomic mass is 16.6. The number of aromatic nitrogens is 4. The Balaban J connectivity index is 1.12. The number of anilines is 2. The summed E-state index contributed by atoms with van der Waals surface area (Å²) in [4.78, 5) is 72.0. The molecule has 3 aromatic rings. The van der Waals surface area contributed by atoms with E-state index >= 15 is 0 Å². The monoisotopic (exact) mass is 687 g/mol. The minimum atomic E-state index is -0.723. The topological polar surface area (TPSA) is 155 Å². The summed E-state index contributed by atoms with van der Waals surface area (Å²) >= 11 is 0. The number of alkyl carbamates (subject to hydrolysis) is 1. The van der Waals surface area contributed by atoms with Crippen LogP contribution in [0, 0.1) is 5.92 Å². The highest BCUT2D eigenvalue weighted by molar-refractivity contribution is 5.98. The number of carbonyl (C=O) groups is 4. The second-order valence-corrected chi connectivity index (χ2v) is 15.3. The Morgan fingerprint density at radius 1 is 0.940 bits per heavy atom. The molecular formula is C36H49N9O5. The lowest BCUT2D eigenvalue weighted by Crippen LogP contribution is -2.62. The Morgan fingerprint density at radius 3 is 2.20 bits per heavy atom. The van der Waals surface area contributed by atoms with Crippen molar-refractivity contribution in [3.8, 4) is 0 Å². The molecule has 14 heteroatoms. The number of hydrogen-bond acceptors (Lipinski definition) is 9. The molecule has 3 fully saturated rings. The Morgan fingerprint density at radius 2 is 1.62 bits per heavy atom. The van der Waals surface area contributed by atoms with E-state index in [1.54, 1.807) is 63.0 Å². The van der Waals surface area contributed by atoms with Crippen LogP contribution in [0.3, 0.4) is 0 Å². The molecule has 1 aliphatic carbocycles. The van der Waals surface area contributed by atoms with E-state index in [9.17, 15) is 19.2 Å². The predicted octanol–water partition coefficient (Wildman–Crippen LogP) is 4.75. The molecule has 4 amide bonds. The number of nitrogens with zero attached hydrogens (tertiary/aromatic N) is 7. The first-order chi connectivity index (χ1) is 23.7. The number of pyridine rings is 1. The van der Waals surface area contributed by atoms with E-state index in [2.05, 4.69) is 25.2 Å². The van der Waals surface area contributed by atoms with Gasteiger partial charge in [-0.2, -0.15) is 4.98 Å². The van der Waals surface area contributed by atoms with Crippen molar-refractivity contribution >= 4 is 46.6 Å². The Kier molecular flexibility index (Phi) is 9.73. The summed E-state index contributed by atoms with van der Waals surface area (Å²) in [5.41, 5.74) is 1.09. The SMILES string of the molecule is CC(C)C(NC(=O)OC(C)(C)C)C(=O)N1C2CC[C@@H]1CN(C(=O)c1ccc(Nc3ncc4cc(C(=O)N(C)C)n(C5CCCC5)c4n3)nc1)C2. The van der Waals surface area contributed by atoms with Gasteiger partial charge in [-0.15, -0.1) is 0 Å². The van der Waals surface area contributed by atoms with Crippen molar-refractivity contribution in [3.63, 3.8) is 0 Å². The van der Waals surface area contributed by atoms with Gasteiger partial charge in [0.25, 0.3) is 11.8 Å². The number of piperazine rings is 1. The minimum Gasteiger partial charge on any atom is -0.444 e. The summed E-state index contributed by atoms with van der Waals surface area (Å²) < 4.78 is 7.48. The summed E-state index contributed by atoms with van der Waals surface area (Å²) in [6.45, 7) is 9.96. The normalized spacial score (nSPS) is 19.9. The first kappa shape index (κ1) is 35.1. The molecular weight excluding hydrogens is 638 g/mol. The van der Waals surface area contributed by atoms with Gasteiger partial charge in [0.15, 0.2) is 0 Å². The van der Waals surface area contributed by atoms with Gasteiger partial charge in [-0.25, -0.2) is 14.8 Å². The van der Waals surface area contributed by atoms with Crippen LogP contribution < -0.4 is 10.6 Å². The lowest BCUT2D eigenvalue weighted by Gasteiger charge is -2.43. The second kappa shape index (κ2) is 13.9. The minimum absolute atomic E-state index is 0.0673. The van der Waals surface area contributed by atoms with Crippen molar-refractivity contribution in [3.05, 3.63) is 41.9 Å². The van der Waals surface area contributed by atoms with Crippen LogP contribution >= 0.6 is 0 Å². The molecule has 3 aliphatic rings. The fourth-order valence-corrected chi connectivity index (χ4v) is 7.42. The van der Waals surface area contributed by atoms with Crippen molar-refractivity contribution in [2.24, 2.45) is 5.92 Å². The van der Waals surface area contributed by atoms with Gasteiger partial charge in [0.2, 0.25) is 11.9 Å². The standard InChI is InChI=1S/C36H49N9O5/c1-21(2)29(40-35(49)50-36(3,4)5)33(48)44-25-13-14-26(44)20-43(19-25)31(46)22-12-15-28(37-17-22)39-34-38-18-23-16-27(32(47)42(6)7)45(30(23)41-34)24-10-8-9-11-24/h12,15-18,21,24-26,29H,8-11,13-14,19-20H2,1-7H3,(H,40,49)(H,37,38,39,41)/t25-,26?,29?/m1/s1. The van der Waals surface area contributed by atoms with Crippen LogP contribution in [0.25, 0.3) is 11.0 Å². The molecule has 0 spiro atoms. The number of rotatable bonds is 8. The highest BCUT2D eigenvalue weighted by Gasteiger charge is 2.46.